The van der Waals surface area contributed by atoms with Crippen LogP contribution in [-0.4, -0.2) is 59.2 Å². The molecule has 0 radical (unpaired) electrons. The minimum atomic E-state index is -1.00. The molecular formula is C32H25BrN6O4. The van der Waals surface area contributed by atoms with Crippen molar-refractivity contribution >= 4 is 55.8 Å². The number of rotatable bonds is 6. The maximum Gasteiger partial charge on any atom is 0.264 e. The van der Waals surface area contributed by atoms with Crippen LogP contribution in [0.25, 0.3) is 10.8 Å². The second-order valence-electron chi connectivity index (χ2n) is 10.5. The van der Waals surface area contributed by atoms with Gasteiger partial charge in [-0.1, -0.05) is 69.7 Å². The summed E-state index contributed by atoms with van der Waals surface area (Å²) in [6, 6.07) is 26.3. The molecule has 4 aromatic rings. The fourth-order valence-corrected chi connectivity index (χ4v) is 6.04. The summed E-state index contributed by atoms with van der Waals surface area (Å²) in [5.74, 6) is -0.592. The zero-order valence-electron chi connectivity index (χ0n) is 23.0. The first-order valence-corrected chi connectivity index (χ1v) is 14.5. The first-order chi connectivity index (χ1) is 20.9. The van der Waals surface area contributed by atoms with Crippen molar-refractivity contribution in [1.29, 1.82) is 0 Å². The Labute approximate surface area is 255 Å². The first-order valence-electron chi connectivity index (χ1n) is 13.7. The van der Waals surface area contributed by atoms with Crippen molar-refractivity contribution in [3.05, 3.63) is 107 Å². The Bertz CT molecular complexity index is 1820. The van der Waals surface area contributed by atoms with Crippen molar-refractivity contribution in [1.82, 2.24) is 10.0 Å². The van der Waals surface area contributed by atoms with E-state index in [4.69, 9.17) is 9.84 Å². The summed E-state index contributed by atoms with van der Waals surface area (Å²) in [6.07, 6.45) is 0.499. The molecule has 1 saturated heterocycles. The third-order valence-electron chi connectivity index (χ3n) is 7.99. The van der Waals surface area contributed by atoms with E-state index in [-0.39, 0.29) is 18.5 Å². The quantitative estimate of drug-likeness (QED) is 0.268. The van der Waals surface area contributed by atoms with E-state index < -0.39 is 23.9 Å². The van der Waals surface area contributed by atoms with Gasteiger partial charge in [0.15, 0.2) is 12.1 Å². The molecule has 214 valence electrons. The lowest BCUT2D eigenvalue weighted by Crippen LogP contribution is -2.44. The number of carbonyl (C=O) groups excluding carboxylic acids is 3. The highest BCUT2D eigenvalue weighted by Crippen LogP contribution is 2.36. The first kappa shape index (κ1) is 27.0. The molecule has 3 atom stereocenters. The second-order valence-corrected chi connectivity index (χ2v) is 11.4. The summed E-state index contributed by atoms with van der Waals surface area (Å²) in [5, 5.41) is 17.9. The van der Waals surface area contributed by atoms with E-state index in [1.807, 2.05) is 54.6 Å². The molecule has 3 aliphatic heterocycles. The molecule has 7 rings (SSSR count). The predicted molar refractivity (Wildman–Crippen MR) is 163 cm³/mol. The largest absolute Gasteiger partial charge is 0.497 e. The zero-order valence-corrected chi connectivity index (χ0v) is 24.6. The van der Waals surface area contributed by atoms with Crippen LogP contribution >= 0.6 is 15.9 Å². The maximum atomic E-state index is 13.9. The Kier molecular flexibility index (Phi) is 6.73. The topological polar surface area (TPSA) is 107 Å². The number of hydrogen-bond donors (Lipinski definition) is 0. The molecule has 0 saturated carbocycles. The highest BCUT2D eigenvalue weighted by atomic mass is 79.9. The van der Waals surface area contributed by atoms with Crippen LogP contribution < -0.4 is 9.64 Å². The summed E-state index contributed by atoms with van der Waals surface area (Å²) in [7, 11) is 1.60. The highest BCUT2D eigenvalue weighted by molar-refractivity contribution is 9.10. The van der Waals surface area contributed by atoms with Crippen LogP contribution in [0.2, 0.25) is 0 Å². The van der Waals surface area contributed by atoms with Gasteiger partial charge in [-0.25, -0.2) is 9.91 Å². The number of hydrazone groups is 1. The molecule has 0 aromatic heterocycles. The number of hydrogen-bond acceptors (Lipinski definition) is 8. The number of nitrogens with zero attached hydrogens (tertiary/aromatic N) is 6. The van der Waals surface area contributed by atoms with Crippen molar-refractivity contribution in [2.24, 2.45) is 15.4 Å². The summed E-state index contributed by atoms with van der Waals surface area (Å²) < 4.78 is 6.15. The van der Waals surface area contributed by atoms with Gasteiger partial charge < -0.3 is 4.74 Å². The molecule has 3 heterocycles. The van der Waals surface area contributed by atoms with Gasteiger partial charge in [-0.15, -0.1) is 0 Å². The van der Waals surface area contributed by atoms with E-state index in [9.17, 15) is 14.4 Å². The van der Waals surface area contributed by atoms with Crippen molar-refractivity contribution in [2.75, 3.05) is 18.6 Å². The normalized spacial score (nSPS) is 21.1. The van der Waals surface area contributed by atoms with Gasteiger partial charge in [0.25, 0.3) is 17.7 Å². The van der Waals surface area contributed by atoms with Gasteiger partial charge in [-0.05, 0) is 64.4 Å². The number of halogens is 1. The summed E-state index contributed by atoms with van der Waals surface area (Å²) in [4.78, 5) is 41.6. The fourth-order valence-electron chi connectivity index (χ4n) is 5.78. The van der Waals surface area contributed by atoms with Crippen molar-refractivity contribution in [3.63, 3.8) is 0 Å². The number of fused-ring (bicyclic) bond motifs is 2. The number of imide groups is 1. The molecule has 0 unspecified atom stereocenters. The van der Waals surface area contributed by atoms with Crippen molar-refractivity contribution in [2.45, 2.75) is 24.5 Å². The number of anilines is 1. The fraction of sp³-hybridized carbons (Fsp3) is 0.188. The Morgan fingerprint density at radius 1 is 0.930 bits per heavy atom. The van der Waals surface area contributed by atoms with Crippen LogP contribution in [0, 0.1) is 0 Å². The average molecular weight is 637 g/mol. The monoisotopic (exact) mass is 636 g/mol. The minimum absolute atomic E-state index is 0.265. The highest BCUT2D eigenvalue weighted by Gasteiger charge is 2.55. The molecule has 43 heavy (non-hydrogen) atoms. The Morgan fingerprint density at radius 3 is 2.42 bits per heavy atom. The molecule has 3 aliphatic rings. The standard InChI is InChI=1S/C32H25BrN6O4/c1-43-25-14-8-20(9-15-25)27-17-26(22-7-6-19-4-2-3-5-21(19)16-22)35-39(27)28(40)18-37-30-29(34-36-37)31(41)38(32(30)42)24-12-10-23(33)11-13-24/h2-16,27,29-30H,17-18H2,1H3/t27-,29+,30+/m0/s1. The van der Waals surface area contributed by atoms with Gasteiger partial charge in [-0.2, -0.15) is 10.2 Å². The molecule has 0 aliphatic carbocycles. The van der Waals surface area contributed by atoms with Crippen molar-refractivity contribution < 1.29 is 19.1 Å². The van der Waals surface area contributed by atoms with Gasteiger partial charge in [0.1, 0.15) is 12.3 Å². The molecule has 4 aromatic carbocycles. The summed E-state index contributed by atoms with van der Waals surface area (Å²) in [5.41, 5.74) is 3.03. The number of ether oxygens (including phenoxy) is 1. The van der Waals surface area contributed by atoms with Gasteiger partial charge in [-0.3, -0.25) is 19.4 Å². The summed E-state index contributed by atoms with van der Waals surface area (Å²) >= 11 is 3.37. The second kappa shape index (κ2) is 10.7. The number of amides is 3. The van der Waals surface area contributed by atoms with E-state index in [2.05, 4.69) is 38.4 Å². The molecular weight excluding hydrogens is 612 g/mol. The summed E-state index contributed by atoms with van der Waals surface area (Å²) in [6.45, 7) is -0.265. The zero-order chi connectivity index (χ0) is 29.7. The van der Waals surface area contributed by atoms with Gasteiger partial charge in [0, 0.05) is 10.9 Å². The maximum absolute atomic E-state index is 13.9. The molecule has 0 spiro atoms. The van der Waals surface area contributed by atoms with E-state index in [1.54, 1.807) is 31.4 Å². The molecule has 0 N–H and O–H groups in total. The molecule has 0 bridgehead atoms. The van der Waals surface area contributed by atoms with Crippen LogP contribution in [0.1, 0.15) is 23.6 Å². The van der Waals surface area contributed by atoms with Crippen LogP contribution in [0.4, 0.5) is 5.69 Å². The van der Waals surface area contributed by atoms with Gasteiger partial charge in [0.2, 0.25) is 0 Å². The SMILES string of the molecule is COc1ccc([C@@H]2CC(c3ccc4ccccc4c3)=NN2C(=O)CN2N=N[C@H]3C(=O)N(c4ccc(Br)cc4)C(=O)[C@@H]32)cc1. The smallest absolute Gasteiger partial charge is 0.264 e. The Morgan fingerprint density at radius 2 is 1.67 bits per heavy atom. The number of carbonyl (C=O) groups is 3. The lowest BCUT2D eigenvalue weighted by atomic mass is 9.97. The van der Waals surface area contributed by atoms with E-state index in [1.165, 1.54) is 10.0 Å². The van der Waals surface area contributed by atoms with Crippen LogP contribution in [0.3, 0.4) is 0 Å². The van der Waals surface area contributed by atoms with Crippen LogP contribution in [-0.2, 0) is 14.4 Å². The number of methoxy groups -OCH3 is 1. The lowest BCUT2D eigenvalue weighted by molar-refractivity contribution is -0.135. The van der Waals surface area contributed by atoms with Gasteiger partial charge >= 0.3 is 0 Å². The molecule has 1 fully saturated rings. The third-order valence-corrected chi connectivity index (χ3v) is 8.52. The molecule has 3 amide bonds. The Balaban J connectivity index is 1.17. The Hall–Kier alpha value is -4.90. The van der Waals surface area contributed by atoms with E-state index in [0.29, 0.717) is 17.9 Å². The lowest BCUT2D eigenvalue weighted by Gasteiger charge is -2.25. The van der Waals surface area contributed by atoms with Gasteiger partial charge in [0.05, 0.1) is 24.6 Å². The van der Waals surface area contributed by atoms with Crippen LogP contribution in [0.5, 0.6) is 5.75 Å². The van der Waals surface area contributed by atoms with E-state index in [0.717, 1.165) is 37.0 Å². The average Bonchev–Trinajstić information content (AvgIpc) is 3.73. The minimum Gasteiger partial charge on any atom is -0.497 e. The van der Waals surface area contributed by atoms with Crippen LogP contribution in [0.15, 0.2) is 111 Å². The van der Waals surface area contributed by atoms with Crippen molar-refractivity contribution in [3.8, 4) is 5.75 Å². The third kappa shape index (κ3) is 4.75. The molecule has 11 heteroatoms. The molecule has 10 nitrogen and oxygen atoms in total. The van der Waals surface area contributed by atoms with E-state index >= 15 is 0 Å². The number of benzene rings is 4. The predicted octanol–water partition coefficient (Wildman–Crippen LogP) is 5.28.